The van der Waals surface area contributed by atoms with Crippen molar-refractivity contribution in [2.45, 2.75) is 156 Å². The molecule has 0 aliphatic heterocycles. The van der Waals surface area contributed by atoms with Gasteiger partial charge in [-0.2, -0.15) is 10.5 Å². The molecule has 1 aromatic carbocycles. The lowest BCUT2D eigenvalue weighted by Gasteiger charge is -2.25. The molecule has 0 spiro atoms. The number of ether oxygens (including phenoxy) is 5. The number of nitrogens with zero attached hydrogens (tertiary/aromatic N) is 5. The molecule has 0 saturated carbocycles. The third kappa shape index (κ3) is 29.1. The van der Waals surface area contributed by atoms with Gasteiger partial charge in [0.1, 0.15) is 30.2 Å². The molecular weight excluding hydrogens is 951 g/mol. The van der Waals surface area contributed by atoms with Gasteiger partial charge in [-0.25, -0.2) is 0 Å². The molecule has 0 amide bonds. The van der Waals surface area contributed by atoms with Gasteiger partial charge in [0, 0.05) is 18.8 Å². The molecular formula is C56H83N5O11S. The molecule has 0 radical (unpaired) electrons. The molecule has 0 aliphatic rings. The van der Waals surface area contributed by atoms with Gasteiger partial charge in [0.2, 0.25) is 0 Å². The first-order valence-electron chi connectivity index (χ1n) is 26.5. The van der Waals surface area contributed by atoms with Crippen LogP contribution in [0.2, 0.25) is 0 Å². The minimum atomic E-state index is -1.03. The zero-order valence-corrected chi connectivity index (χ0v) is 44.9. The summed E-state index contributed by atoms with van der Waals surface area (Å²) in [6.45, 7) is 10.3. The number of anilines is 1. The van der Waals surface area contributed by atoms with Crippen molar-refractivity contribution in [3.05, 3.63) is 64.1 Å². The fourth-order valence-corrected chi connectivity index (χ4v) is 8.56. The first-order valence-corrected chi connectivity index (χ1v) is 27.3. The second kappa shape index (κ2) is 41.0. The van der Waals surface area contributed by atoms with E-state index in [1.165, 1.54) is 64.2 Å². The molecule has 2 rings (SSSR count). The average molecular weight is 1030 g/mol. The number of aliphatic carboxylic acids is 2. The largest absolute Gasteiger partial charge is 0.481 e. The number of thiophene rings is 1. The Balaban J connectivity index is 1.84. The Morgan fingerprint density at radius 2 is 1.10 bits per heavy atom. The van der Waals surface area contributed by atoms with Gasteiger partial charge in [-0.15, -0.1) is 21.6 Å². The van der Waals surface area contributed by atoms with Crippen LogP contribution in [0.5, 0.6) is 0 Å². The third-order valence-electron chi connectivity index (χ3n) is 12.1. The number of aryl methyl sites for hydroxylation is 1. The molecule has 0 saturated heterocycles. The standard InChI is InChI=1S/C56H83N5O11S/c1-5-7-9-11-13-15-16-17-18-20-22-24-26-46(55(64)65)40-52(62)71-37-35-69-32-30-61(48-27-28-50(44(3)39-48)59-60-54-49(42-57)45(4)51(43-58)73-54)29-31-68-33-34-70-36-38-72-53(63)41-47(56(66)67)25-23-21-19-14-12-10-8-6-2/h21-24,27-28,39,46-47H,5-20,25-26,29-38,40-41H2,1-4H3,(H,64,65)(H,66,67)/b23-21+,24-22+,60-59+. The van der Waals surface area contributed by atoms with Crippen LogP contribution in [0.4, 0.5) is 16.4 Å². The number of esters is 2. The van der Waals surface area contributed by atoms with Gasteiger partial charge in [-0.1, -0.05) is 115 Å². The van der Waals surface area contributed by atoms with Crippen molar-refractivity contribution >= 4 is 51.6 Å². The van der Waals surface area contributed by atoms with E-state index in [9.17, 15) is 39.9 Å². The number of hydrogen-bond acceptors (Lipinski definition) is 15. The Morgan fingerprint density at radius 1 is 0.630 bits per heavy atom. The second-order valence-corrected chi connectivity index (χ2v) is 19.1. The highest BCUT2D eigenvalue weighted by Crippen LogP contribution is 2.36. The van der Waals surface area contributed by atoms with Crippen LogP contribution in [0.15, 0.2) is 52.7 Å². The van der Waals surface area contributed by atoms with Crippen LogP contribution in [0, 0.1) is 48.3 Å². The molecule has 2 N–H and O–H groups in total. The van der Waals surface area contributed by atoms with Crippen molar-refractivity contribution in [2.24, 2.45) is 22.1 Å². The molecule has 0 fully saturated rings. The SMILES string of the molecule is CCCCCCC/C=C/CC(CC(=O)OCCOCCOCCN(CCOCCOC(=O)CC(C/C=C/CCCCCCCCCCC)C(=O)O)c1ccc(/N=N/c2sc(C#N)c(C)c2C#N)c(C)c1)C(=O)O. The van der Waals surface area contributed by atoms with E-state index in [0.29, 0.717) is 46.4 Å². The number of rotatable bonds is 44. The molecule has 73 heavy (non-hydrogen) atoms. The van der Waals surface area contributed by atoms with Crippen molar-refractivity contribution in [3.8, 4) is 12.1 Å². The Bertz CT molecular complexity index is 2070. The van der Waals surface area contributed by atoms with Crippen LogP contribution in [-0.4, -0.2) is 100 Å². The van der Waals surface area contributed by atoms with Crippen molar-refractivity contribution in [3.63, 3.8) is 0 Å². The first kappa shape index (κ1) is 63.7. The summed E-state index contributed by atoms with van der Waals surface area (Å²) in [6.07, 6.45) is 26.6. The highest BCUT2D eigenvalue weighted by Gasteiger charge is 2.22. The third-order valence-corrected chi connectivity index (χ3v) is 13.2. The number of azo groups is 1. The molecule has 17 heteroatoms. The summed E-state index contributed by atoms with van der Waals surface area (Å²) in [7, 11) is 0. The number of benzene rings is 1. The molecule has 16 nitrogen and oxygen atoms in total. The predicted octanol–water partition coefficient (Wildman–Crippen LogP) is 12.8. The molecule has 404 valence electrons. The zero-order chi connectivity index (χ0) is 53.3. The number of carbonyl (C=O) groups excluding carboxylic acids is 2. The predicted molar refractivity (Wildman–Crippen MR) is 285 cm³/mol. The Kier molecular flexibility index (Phi) is 35.7. The van der Waals surface area contributed by atoms with Gasteiger partial charge in [0.25, 0.3) is 0 Å². The summed E-state index contributed by atoms with van der Waals surface area (Å²) in [5.41, 5.74) is 3.16. The van der Waals surface area contributed by atoms with Crippen molar-refractivity contribution in [1.29, 1.82) is 10.5 Å². The fraction of sp³-hybridized carbons (Fsp3) is 0.643. The average Bonchev–Trinajstić information content (AvgIpc) is 3.69. The normalized spacial score (nSPS) is 12.3. The zero-order valence-electron chi connectivity index (χ0n) is 44.1. The lowest BCUT2D eigenvalue weighted by atomic mass is 10.0. The van der Waals surface area contributed by atoms with E-state index in [1.807, 2.05) is 49.4 Å². The van der Waals surface area contributed by atoms with Gasteiger partial charge in [0.05, 0.1) is 75.6 Å². The molecule has 1 heterocycles. The summed E-state index contributed by atoms with van der Waals surface area (Å²) < 4.78 is 27.9. The minimum Gasteiger partial charge on any atom is -0.481 e. The van der Waals surface area contributed by atoms with Crippen LogP contribution in [0.3, 0.4) is 0 Å². The fourth-order valence-electron chi connectivity index (χ4n) is 7.69. The minimum absolute atomic E-state index is 0.00597. The number of unbranched alkanes of at least 4 members (excludes halogenated alkanes) is 14. The summed E-state index contributed by atoms with van der Waals surface area (Å²) >= 11 is 1.12. The lowest BCUT2D eigenvalue weighted by molar-refractivity contribution is -0.152. The number of carboxylic acids is 2. The van der Waals surface area contributed by atoms with Crippen LogP contribution in [0.1, 0.15) is 164 Å². The topological polar surface area (TPSA) is 230 Å². The van der Waals surface area contributed by atoms with Gasteiger partial charge in [-0.3, -0.25) is 19.2 Å². The van der Waals surface area contributed by atoms with E-state index in [4.69, 9.17) is 23.7 Å². The number of nitriles is 2. The number of carboxylic acid groups (broad SMARTS) is 2. The van der Waals surface area contributed by atoms with Crippen LogP contribution in [0.25, 0.3) is 0 Å². The number of hydrogen-bond donors (Lipinski definition) is 2. The molecule has 2 atom stereocenters. The van der Waals surface area contributed by atoms with Gasteiger partial charge in [-0.05, 0) is 81.7 Å². The lowest BCUT2D eigenvalue weighted by Crippen LogP contribution is -2.31. The summed E-state index contributed by atoms with van der Waals surface area (Å²) in [6, 6.07) is 9.86. The molecule has 0 aliphatic carbocycles. The Hall–Kier alpha value is -5.46. The maximum Gasteiger partial charge on any atom is 0.307 e. The maximum atomic E-state index is 12.6. The van der Waals surface area contributed by atoms with Crippen molar-refractivity contribution < 1.29 is 53.1 Å². The van der Waals surface area contributed by atoms with Crippen molar-refractivity contribution in [1.82, 2.24) is 0 Å². The maximum absolute atomic E-state index is 12.6. The van der Waals surface area contributed by atoms with Crippen molar-refractivity contribution in [2.75, 3.05) is 70.8 Å². The van der Waals surface area contributed by atoms with E-state index in [1.54, 1.807) is 6.92 Å². The summed E-state index contributed by atoms with van der Waals surface area (Å²) in [4.78, 5) is 51.0. The molecule has 0 bridgehead atoms. The first-order chi connectivity index (χ1) is 35.4. The van der Waals surface area contributed by atoms with Crippen LogP contribution in [-0.2, 0) is 42.9 Å². The molecule has 2 aromatic rings. The number of carbonyl (C=O) groups is 4. The van der Waals surface area contributed by atoms with E-state index in [2.05, 4.69) is 41.1 Å². The van der Waals surface area contributed by atoms with Gasteiger partial charge < -0.3 is 38.8 Å². The molecule has 2 unspecified atom stereocenters. The van der Waals surface area contributed by atoms with Crippen LogP contribution < -0.4 is 4.90 Å². The van der Waals surface area contributed by atoms with E-state index in [-0.39, 0.29) is 71.9 Å². The highest BCUT2D eigenvalue weighted by molar-refractivity contribution is 7.16. The Labute approximate surface area is 438 Å². The van der Waals surface area contributed by atoms with Gasteiger partial charge in [0.15, 0.2) is 5.00 Å². The van der Waals surface area contributed by atoms with Crippen LogP contribution >= 0.6 is 11.3 Å². The quantitative estimate of drug-likeness (QED) is 0.0272. The summed E-state index contributed by atoms with van der Waals surface area (Å²) in [5, 5.41) is 47.4. The van der Waals surface area contributed by atoms with E-state index in [0.717, 1.165) is 61.1 Å². The smallest absolute Gasteiger partial charge is 0.307 e. The Morgan fingerprint density at radius 3 is 1.55 bits per heavy atom. The van der Waals surface area contributed by atoms with E-state index >= 15 is 0 Å². The monoisotopic (exact) mass is 1030 g/mol. The summed E-state index contributed by atoms with van der Waals surface area (Å²) in [5.74, 6) is -4.95. The van der Waals surface area contributed by atoms with E-state index < -0.39 is 35.7 Å². The molecule has 1 aromatic heterocycles. The van der Waals surface area contributed by atoms with Gasteiger partial charge >= 0.3 is 23.9 Å². The number of allylic oxidation sites excluding steroid dienone is 4. The second-order valence-electron chi connectivity index (χ2n) is 18.1. The highest BCUT2D eigenvalue weighted by atomic mass is 32.1.